The van der Waals surface area contributed by atoms with Crippen LogP contribution in [0.5, 0.6) is 11.5 Å². The molecule has 4 aliphatic carbocycles. The fraction of sp³-hybridized carbons (Fsp3) is 0.515. The van der Waals surface area contributed by atoms with E-state index in [0.29, 0.717) is 35.7 Å². The van der Waals surface area contributed by atoms with E-state index in [1.54, 1.807) is 6.07 Å². The lowest BCUT2D eigenvalue weighted by Crippen LogP contribution is -2.60. The van der Waals surface area contributed by atoms with Gasteiger partial charge in [-0.2, -0.15) is 0 Å². The number of rotatable bonds is 8. The summed E-state index contributed by atoms with van der Waals surface area (Å²) in [7, 11) is -1.35. The summed E-state index contributed by atoms with van der Waals surface area (Å²) < 4.78 is 13.9. The molecule has 2 unspecified atom stereocenters. The van der Waals surface area contributed by atoms with Crippen LogP contribution in [0.4, 0.5) is 0 Å². The van der Waals surface area contributed by atoms with Crippen molar-refractivity contribution in [3.8, 4) is 11.5 Å². The van der Waals surface area contributed by atoms with Gasteiger partial charge in [-0.25, -0.2) is 4.98 Å². The Morgan fingerprint density at radius 3 is 2.56 bits per heavy atom. The standard InChI is InChI=1S/C33H42N2O4SSi/c1-20-32(23-8-7-9-25(36)13-23)16-21-12-22(17-32)19-33(20,18-21)38-11-10-34-29(37)30-35-28-26(39-41(5)6)14-24(31(2,3)4)15-27(28)40-30/h7-9,13-15,21-22,36,41H,1,10-12,16-19H2,2-6H3,(H,34,37). The predicted molar refractivity (Wildman–Crippen MR) is 168 cm³/mol. The van der Waals surface area contributed by atoms with Crippen molar-refractivity contribution in [2.24, 2.45) is 11.8 Å². The van der Waals surface area contributed by atoms with Crippen molar-refractivity contribution in [1.82, 2.24) is 10.3 Å². The number of ether oxygens (including phenoxy) is 1. The third-order valence-corrected chi connectivity index (χ3v) is 11.1. The largest absolute Gasteiger partial charge is 0.545 e. The van der Waals surface area contributed by atoms with E-state index in [9.17, 15) is 9.90 Å². The van der Waals surface area contributed by atoms with Crippen LogP contribution in [0, 0.1) is 11.8 Å². The summed E-state index contributed by atoms with van der Waals surface area (Å²) in [5.74, 6) is 2.10. The highest BCUT2D eigenvalue weighted by Gasteiger charge is 2.61. The molecule has 4 saturated carbocycles. The molecular formula is C33H42N2O4SSi. The van der Waals surface area contributed by atoms with Gasteiger partial charge in [0.15, 0.2) is 5.01 Å². The lowest BCUT2D eigenvalue weighted by atomic mass is 9.44. The fourth-order valence-corrected chi connectivity index (χ4v) is 9.37. The molecule has 8 heteroatoms. The molecular weight excluding hydrogens is 549 g/mol. The Kier molecular flexibility index (Phi) is 7.10. The number of nitrogens with one attached hydrogen (secondary N) is 1. The molecule has 218 valence electrons. The number of phenols is 1. The van der Waals surface area contributed by atoms with Gasteiger partial charge in [0.1, 0.15) is 17.0 Å². The summed E-state index contributed by atoms with van der Waals surface area (Å²) in [5, 5.41) is 13.7. The molecule has 0 aliphatic heterocycles. The second-order valence-electron chi connectivity index (χ2n) is 13.8. The van der Waals surface area contributed by atoms with Gasteiger partial charge in [0, 0.05) is 12.0 Å². The van der Waals surface area contributed by atoms with E-state index in [-0.39, 0.29) is 22.3 Å². The zero-order valence-corrected chi connectivity index (χ0v) is 26.9. The zero-order chi connectivity index (χ0) is 29.2. The average molecular weight is 591 g/mol. The molecule has 2 aromatic carbocycles. The molecule has 4 aliphatic rings. The molecule has 7 rings (SSSR count). The van der Waals surface area contributed by atoms with E-state index < -0.39 is 9.04 Å². The van der Waals surface area contributed by atoms with Gasteiger partial charge in [0.25, 0.3) is 5.91 Å². The Morgan fingerprint density at radius 2 is 1.90 bits per heavy atom. The lowest BCUT2D eigenvalue weighted by Gasteiger charge is -2.63. The Balaban J connectivity index is 1.15. The van der Waals surface area contributed by atoms with Gasteiger partial charge in [-0.15, -0.1) is 11.3 Å². The molecule has 0 saturated heterocycles. The topological polar surface area (TPSA) is 80.7 Å². The highest BCUT2D eigenvalue weighted by atomic mass is 32.1. The van der Waals surface area contributed by atoms with E-state index in [0.717, 1.165) is 52.8 Å². The first-order valence-corrected chi connectivity index (χ1v) is 18.5. The Bertz CT molecular complexity index is 1490. The second kappa shape index (κ2) is 10.2. The van der Waals surface area contributed by atoms with Crippen LogP contribution in [0.3, 0.4) is 0 Å². The molecule has 1 amide bonds. The summed E-state index contributed by atoms with van der Waals surface area (Å²) in [4.78, 5) is 17.9. The quantitative estimate of drug-likeness (QED) is 0.170. The molecule has 1 aromatic heterocycles. The molecule has 4 fully saturated rings. The van der Waals surface area contributed by atoms with E-state index in [4.69, 9.17) is 14.1 Å². The second-order valence-corrected chi connectivity index (χ2v) is 17.1. The van der Waals surface area contributed by atoms with Crippen molar-refractivity contribution in [3.05, 3.63) is 64.7 Å². The Morgan fingerprint density at radius 1 is 1.17 bits per heavy atom. The minimum Gasteiger partial charge on any atom is -0.545 e. The average Bonchev–Trinajstić information content (AvgIpc) is 3.33. The summed E-state index contributed by atoms with van der Waals surface area (Å²) in [6.07, 6.45) is 5.38. The number of aromatic nitrogens is 1. The molecule has 0 radical (unpaired) electrons. The number of thiazole rings is 1. The number of amides is 1. The minimum atomic E-state index is -1.35. The zero-order valence-electron chi connectivity index (χ0n) is 24.9. The highest BCUT2D eigenvalue weighted by Crippen LogP contribution is 2.65. The molecule has 1 heterocycles. The van der Waals surface area contributed by atoms with Crippen LogP contribution in [-0.4, -0.2) is 43.8 Å². The van der Waals surface area contributed by atoms with Crippen LogP contribution in [0.25, 0.3) is 10.2 Å². The number of phenolic OH excluding ortho intramolecular Hbond substituents is 1. The third kappa shape index (κ3) is 5.12. The van der Waals surface area contributed by atoms with Crippen molar-refractivity contribution < 1.29 is 19.1 Å². The fourth-order valence-electron chi connectivity index (χ4n) is 7.74. The Labute approximate surface area is 248 Å². The molecule has 41 heavy (non-hydrogen) atoms. The summed E-state index contributed by atoms with van der Waals surface area (Å²) >= 11 is 1.42. The first-order valence-electron chi connectivity index (χ1n) is 14.9. The number of fused-ring (bicyclic) bond motifs is 1. The monoisotopic (exact) mass is 590 g/mol. The molecule has 6 nitrogen and oxygen atoms in total. The first kappa shape index (κ1) is 28.4. The smallest absolute Gasteiger partial charge is 0.280 e. The lowest BCUT2D eigenvalue weighted by molar-refractivity contribution is -0.126. The number of carbonyl (C=O) groups is 1. The van der Waals surface area contributed by atoms with Gasteiger partial charge in [-0.05, 0) is 103 Å². The van der Waals surface area contributed by atoms with Crippen molar-refractivity contribution in [2.75, 3.05) is 13.2 Å². The molecule has 0 spiro atoms. The van der Waals surface area contributed by atoms with Gasteiger partial charge in [-0.1, -0.05) is 39.5 Å². The van der Waals surface area contributed by atoms with Crippen molar-refractivity contribution >= 4 is 36.5 Å². The number of hydrogen-bond donors (Lipinski definition) is 2. The van der Waals surface area contributed by atoms with E-state index >= 15 is 0 Å². The van der Waals surface area contributed by atoms with Gasteiger partial charge in [-0.3, -0.25) is 4.79 Å². The number of carbonyl (C=O) groups excluding carboxylic acids is 1. The summed E-state index contributed by atoms with van der Waals surface area (Å²) in [6.45, 7) is 16.3. The summed E-state index contributed by atoms with van der Waals surface area (Å²) in [5.41, 5.74) is 3.72. The van der Waals surface area contributed by atoms with Crippen molar-refractivity contribution in [2.45, 2.75) is 82.4 Å². The number of aromatic hydroxyl groups is 1. The third-order valence-electron chi connectivity index (χ3n) is 9.35. The molecule has 2 atom stereocenters. The molecule has 2 N–H and O–H groups in total. The molecule has 3 aromatic rings. The number of benzene rings is 2. The normalized spacial score (nSPS) is 27.1. The maximum atomic E-state index is 13.2. The van der Waals surface area contributed by atoms with E-state index in [1.165, 1.54) is 23.3 Å². The van der Waals surface area contributed by atoms with Gasteiger partial charge in [0.2, 0.25) is 9.04 Å². The van der Waals surface area contributed by atoms with E-state index in [1.807, 2.05) is 12.1 Å². The highest BCUT2D eigenvalue weighted by molar-refractivity contribution is 7.20. The SMILES string of the molecule is C=C1C2(OCCNC(=O)c3nc4c(O[SiH](C)C)cc(C(C)(C)C)cc4s3)CC3CC(C2)CC1(c1cccc(O)c1)C3. The van der Waals surface area contributed by atoms with E-state index in [2.05, 4.69) is 64.0 Å². The maximum absolute atomic E-state index is 13.2. The predicted octanol–water partition coefficient (Wildman–Crippen LogP) is 6.86. The number of nitrogens with zero attached hydrogens (tertiary/aromatic N) is 1. The Hall–Kier alpha value is -2.68. The van der Waals surface area contributed by atoms with Gasteiger partial charge in [0.05, 0.1) is 16.9 Å². The minimum absolute atomic E-state index is 0.0324. The maximum Gasteiger partial charge on any atom is 0.280 e. The van der Waals surface area contributed by atoms with Crippen LogP contribution >= 0.6 is 11.3 Å². The summed E-state index contributed by atoms with van der Waals surface area (Å²) in [6, 6.07) is 11.9. The van der Waals surface area contributed by atoms with Crippen LogP contribution in [0.15, 0.2) is 48.6 Å². The van der Waals surface area contributed by atoms with Crippen molar-refractivity contribution in [3.63, 3.8) is 0 Å². The molecule has 4 bridgehead atoms. The van der Waals surface area contributed by atoms with Gasteiger partial charge < -0.3 is 19.6 Å². The first-order chi connectivity index (χ1) is 19.4. The van der Waals surface area contributed by atoms with Crippen LogP contribution in [0.2, 0.25) is 13.1 Å². The van der Waals surface area contributed by atoms with Crippen LogP contribution in [0.1, 0.15) is 73.8 Å². The van der Waals surface area contributed by atoms with Crippen molar-refractivity contribution in [1.29, 1.82) is 0 Å². The van der Waals surface area contributed by atoms with Crippen LogP contribution < -0.4 is 9.74 Å². The van der Waals surface area contributed by atoms with Crippen LogP contribution in [-0.2, 0) is 15.6 Å². The van der Waals surface area contributed by atoms with Gasteiger partial charge >= 0.3 is 0 Å². The number of hydrogen-bond acceptors (Lipinski definition) is 6.